The largest absolute Gasteiger partial charge is 0.367 e. The second-order valence-corrected chi connectivity index (χ2v) is 5.24. The van der Waals surface area contributed by atoms with Gasteiger partial charge in [-0.1, -0.05) is 0 Å². The molecule has 1 aromatic heterocycles. The smallest absolute Gasteiger partial charge is 0.144 e. The van der Waals surface area contributed by atoms with Crippen molar-refractivity contribution in [2.24, 2.45) is 0 Å². The van der Waals surface area contributed by atoms with Gasteiger partial charge in [0.05, 0.1) is 5.56 Å². The summed E-state index contributed by atoms with van der Waals surface area (Å²) >= 11 is 0. The standard InChI is InChI=1S/C14H21N5/c1-11-4-5-12(8-15)14(17-11)16-9-13-10-18(2)6-7-19(13)3/h4-5,13H,6-7,9-10H2,1-3H3,(H,16,17). The van der Waals surface area contributed by atoms with Crippen LogP contribution < -0.4 is 5.32 Å². The van der Waals surface area contributed by atoms with E-state index in [1.54, 1.807) is 0 Å². The Morgan fingerprint density at radius 1 is 1.42 bits per heavy atom. The quantitative estimate of drug-likeness (QED) is 0.875. The van der Waals surface area contributed by atoms with Crippen molar-refractivity contribution in [1.82, 2.24) is 14.8 Å². The zero-order chi connectivity index (χ0) is 13.8. The molecule has 0 spiro atoms. The Morgan fingerprint density at radius 2 is 2.21 bits per heavy atom. The highest BCUT2D eigenvalue weighted by Gasteiger charge is 2.22. The van der Waals surface area contributed by atoms with Gasteiger partial charge in [0.1, 0.15) is 11.9 Å². The van der Waals surface area contributed by atoms with Crippen molar-refractivity contribution in [1.29, 1.82) is 5.26 Å². The lowest BCUT2D eigenvalue weighted by Crippen LogP contribution is -2.52. The third-order valence-corrected chi connectivity index (χ3v) is 3.64. The molecular formula is C14H21N5. The maximum atomic E-state index is 9.09. The SMILES string of the molecule is Cc1ccc(C#N)c(NCC2CN(C)CCN2C)n1. The Labute approximate surface area is 114 Å². The fraction of sp³-hybridized carbons (Fsp3) is 0.571. The fourth-order valence-corrected chi connectivity index (χ4v) is 2.32. The molecule has 19 heavy (non-hydrogen) atoms. The molecule has 1 aliphatic rings. The highest BCUT2D eigenvalue weighted by Crippen LogP contribution is 2.13. The first kappa shape index (κ1) is 13.8. The van der Waals surface area contributed by atoms with E-state index in [0.29, 0.717) is 17.4 Å². The third kappa shape index (κ3) is 3.43. The van der Waals surface area contributed by atoms with Gasteiger partial charge in [-0.05, 0) is 33.2 Å². The molecule has 0 aromatic carbocycles. The lowest BCUT2D eigenvalue weighted by atomic mass is 10.2. The van der Waals surface area contributed by atoms with Crippen LogP contribution in [0.15, 0.2) is 12.1 Å². The zero-order valence-corrected chi connectivity index (χ0v) is 11.8. The number of aromatic nitrogens is 1. The number of hydrogen-bond donors (Lipinski definition) is 1. The molecule has 102 valence electrons. The van der Waals surface area contributed by atoms with Crippen LogP contribution >= 0.6 is 0 Å². The van der Waals surface area contributed by atoms with E-state index < -0.39 is 0 Å². The van der Waals surface area contributed by atoms with Crippen molar-refractivity contribution in [3.05, 3.63) is 23.4 Å². The monoisotopic (exact) mass is 259 g/mol. The number of hydrogen-bond acceptors (Lipinski definition) is 5. The molecule has 1 aliphatic heterocycles. The molecule has 0 amide bonds. The highest BCUT2D eigenvalue weighted by atomic mass is 15.3. The molecule has 1 aromatic rings. The van der Waals surface area contributed by atoms with Gasteiger partial charge in [0.2, 0.25) is 0 Å². The van der Waals surface area contributed by atoms with Crippen molar-refractivity contribution in [2.75, 3.05) is 45.6 Å². The summed E-state index contributed by atoms with van der Waals surface area (Å²) in [7, 11) is 4.29. The number of anilines is 1. The first-order chi connectivity index (χ1) is 9.10. The van der Waals surface area contributed by atoms with Crippen molar-refractivity contribution < 1.29 is 0 Å². The van der Waals surface area contributed by atoms with Gasteiger partial charge in [0.15, 0.2) is 0 Å². The van der Waals surface area contributed by atoms with Crippen LogP contribution in [0.3, 0.4) is 0 Å². The fourth-order valence-electron chi connectivity index (χ4n) is 2.32. The number of pyridine rings is 1. The molecule has 0 bridgehead atoms. The average Bonchev–Trinajstić information content (AvgIpc) is 2.40. The number of nitriles is 1. The average molecular weight is 259 g/mol. The van der Waals surface area contributed by atoms with Crippen LogP contribution in [0.2, 0.25) is 0 Å². The van der Waals surface area contributed by atoms with Crippen LogP contribution in [-0.2, 0) is 0 Å². The van der Waals surface area contributed by atoms with E-state index >= 15 is 0 Å². The summed E-state index contributed by atoms with van der Waals surface area (Å²) in [5.74, 6) is 0.698. The molecule has 1 N–H and O–H groups in total. The molecule has 0 aliphatic carbocycles. The number of piperazine rings is 1. The Balaban J connectivity index is 2.02. The molecule has 1 atom stereocenters. The van der Waals surface area contributed by atoms with Crippen molar-refractivity contribution >= 4 is 5.82 Å². The van der Waals surface area contributed by atoms with E-state index in [1.807, 2.05) is 19.1 Å². The molecule has 0 saturated carbocycles. The van der Waals surface area contributed by atoms with Gasteiger partial charge in [-0.2, -0.15) is 5.26 Å². The van der Waals surface area contributed by atoms with Crippen LogP contribution in [0.5, 0.6) is 0 Å². The first-order valence-electron chi connectivity index (χ1n) is 6.60. The second-order valence-electron chi connectivity index (χ2n) is 5.24. The predicted octanol–water partition coefficient (Wildman–Crippen LogP) is 0.919. The van der Waals surface area contributed by atoms with E-state index in [9.17, 15) is 0 Å². The minimum atomic E-state index is 0.451. The summed E-state index contributed by atoms with van der Waals surface area (Å²) in [5, 5.41) is 12.4. The van der Waals surface area contributed by atoms with E-state index in [2.05, 4.69) is 40.3 Å². The minimum absolute atomic E-state index is 0.451. The van der Waals surface area contributed by atoms with Crippen molar-refractivity contribution in [2.45, 2.75) is 13.0 Å². The predicted molar refractivity (Wildman–Crippen MR) is 76.1 cm³/mol. The molecule has 2 rings (SSSR count). The van der Waals surface area contributed by atoms with Gasteiger partial charge in [0.25, 0.3) is 0 Å². The van der Waals surface area contributed by atoms with Crippen molar-refractivity contribution in [3.8, 4) is 6.07 Å². The van der Waals surface area contributed by atoms with E-state index in [4.69, 9.17) is 5.26 Å². The highest BCUT2D eigenvalue weighted by molar-refractivity contribution is 5.52. The van der Waals surface area contributed by atoms with Gasteiger partial charge in [-0.3, -0.25) is 4.90 Å². The van der Waals surface area contributed by atoms with Crippen LogP contribution in [0.25, 0.3) is 0 Å². The Morgan fingerprint density at radius 3 is 2.95 bits per heavy atom. The first-order valence-corrected chi connectivity index (χ1v) is 6.60. The molecule has 2 heterocycles. The summed E-state index contributed by atoms with van der Waals surface area (Å²) in [6, 6.07) is 6.32. The molecule has 1 saturated heterocycles. The minimum Gasteiger partial charge on any atom is -0.367 e. The van der Waals surface area contributed by atoms with Gasteiger partial charge < -0.3 is 10.2 Å². The van der Waals surface area contributed by atoms with Crippen LogP contribution in [0, 0.1) is 18.3 Å². The lowest BCUT2D eigenvalue weighted by molar-refractivity contribution is 0.122. The maximum absolute atomic E-state index is 9.09. The summed E-state index contributed by atoms with van der Waals surface area (Å²) in [6.45, 7) is 5.98. The Bertz CT molecular complexity index is 479. The van der Waals surface area contributed by atoms with Crippen LogP contribution in [0.4, 0.5) is 5.82 Å². The molecule has 5 nitrogen and oxygen atoms in total. The van der Waals surface area contributed by atoms with Gasteiger partial charge in [-0.15, -0.1) is 0 Å². The number of nitrogens with zero attached hydrogens (tertiary/aromatic N) is 4. The topological polar surface area (TPSA) is 55.2 Å². The summed E-state index contributed by atoms with van der Waals surface area (Å²) in [4.78, 5) is 9.10. The Hall–Kier alpha value is -1.64. The lowest BCUT2D eigenvalue weighted by Gasteiger charge is -2.37. The zero-order valence-electron chi connectivity index (χ0n) is 11.8. The summed E-state index contributed by atoms with van der Waals surface area (Å²) in [6.07, 6.45) is 0. The summed E-state index contributed by atoms with van der Waals surface area (Å²) < 4.78 is 0. The van der Waals surface area contributed by atoms with E-state index in [1.165, 1.54) is 0 Å². The maximum Gasteiger partial charge on any atom is 0.144 e. The van der Waals surface area contributed by atoms with E-state index in [-0.39, 0.29) is 0 Å². The molecule has 1 fully saturated rings. The molecule has 0 radical (unpaired) electrons. The Kier molecular flexibility index (Phi) is 4.35. The summed E-state index contributed by atoms with van der Waals surface area (Å²) in [5.41, 5.74) is 1.54. The number of likely N-dealkylation sites (N-methyl/N-ethyl adjacent to an activating group) is 2. The van der Waals surface area contributed by atoms with Gasteiger partial charge in [0, 0.05) is 37.9 Å². The third-order valence-electron chi connectivity index (χ3n) is 3.64. The van der Waals surface area contributed by atoms with E-state index in [0.717, 1.165) is 31.9 Å². The normalized spacial score (nSPS) is 21.1. The van der Waals surface area contributed by atoms with Gasteiger partial charge in [-0.25, -0.2) is 4.98 Å². The van der Waals surface area contributed by atoms with Crippen molar-refractivity contribution in [3.63, 3.8) is 0 Å². The molecular weight excluding hydrogens is 238 g/mol. The molecule has 1 unspecified atom stereocenters. The van der Waals surface area contributed by atoms with Gasteiger partial charge >= 0.3 is 0 Å². The second kappa shape index (κ2) is 6.00. The number of rotatable bonds is 3. The number of nitrogens with one attached hydrogen (secondary N) is 1. The molecule has 5 heteroatoms. The number of aryl methyl sites for hydroxylation is 1. The van der Waals surface area contributed by atoms with Crippen LogP contribution in [-0.4, -0.2) is 61.1 Å². The van der Waals surface area contributed by atoms with Crippen LogP contribution in [0.1, 0.15) is 11.3 Å².